The summed E-state index contributed by atoms with van der Waals surface area (Å²) >= 11 is 0. The molecule has 2 heteroatoms. The van der Waals surface area contributed by atoms with E-state index in [1.54, 1.807) is 0 Å². The predicted octanol–water partition coefficient (Wildman–Crippen LogP) is 2.64. The van der Waals surface area contributed by atoms with Crippen LogP contribution in [-0.2, 0) is 0 Å². The van der Waals surface area contributed by atoms with Crippen LogP contribution in [0.2, 0.25) is 0 Å². The highest BCUT2D eigenvalue weighted by Crippen LogP contribution is 2.37. The third-order valence-electron chi connectivity index (χ3n) is 3.81. The van der Waals surface area contributed by atoms with Crippen LogP contribution in [0.25, 0.3) is 0 Å². The molecule has 2 rings (SSSR count). The molecule has 0 aromatic heterocycles. The zero-order chi connectivity index (χ0) is 11.3. The summed E-state index contributed by atoms with van der Waals surface area (Å²) in [6.45, 7) is 12.5. The number of likely N-dealkylation sites (tertiary alicyclic amines) is 1. The van der Waals surface area contributed by atoms with Crippen LogP contribution in [0.3, 0.4) is 0 Å². The molecule has 0 saturated carbocycles. The smallest absolute Gasteiger partial charge is 0.0236 e. The van der Waals surface area contributed by atoms with Crippen LogP contribution >= 0.6 is 0 Å². The summed E-state index contributed by atoms with van der Waals surface area (Å²) in [7, 11) is 0. The maximum Gasteiger partial charge on any atom is 0.0236 e. The van der Waals surface area contributed by atoms with Crippen molar-refractivity contribution in [1.29, 1.82) is 0 Å². The van der Waals surface area contributed by atoms with Crippen LogP contribution in [0, 0.1) is 0 Å². The standard InChI is InChI=1S/C11H22N2.C2H6/c1-10(2)13-9-3-4-11(13)5-7-12-8-6-11;1-2/h10,12H,3-9H2,1-2H3;1-2H3. The van der Waals surface area contributed by atoms with E-state index in [0.29, 0.717) is 5.54 Å². The molecule has 0 aromatic carbocycles. The third kappa shape index (κ3) is 2.73. The molecule has 1 spiro atoms. The Morgan fingerprint density at radius 3 is 2.20 bits per heavy atom. The lowest BCUT2D eigenvalue weighted by atomic mass is 9.85. The molecule has 15 heavy (non-hydrogen) atoms. The minimum atomic E-state index is 0.583. The molecule has 0 unspecified atom stereocenters. The molecule has 2 saturated heterocycles. The van der Waals surface area contributed by atoms with Crippen LogP contribution in [0.4, 0.5) is 0 Å². The molecule has 1 N–H and O–H groups in total. The average molecular weight is 212 g/mol. The predicted molar refractivity (Wildman–Crippen MR) is 67.3 cm³/mol. The van der Waals surface area contributed by atoms with Crippen LogP contribution < -0.4 is 5.32 Å². The first-order valence-corrected chi connectivity index (χ1v) is 6.72. The Bertz CT molecular complexity index is 171. The molecule has 2 nitrogen and oxygen atoms in total. The Balaban J connectivity index is 0.000000531. The van der Waals surface area contributed by atoms with Gasteiger partial charge in [-0.25, -0.2) is 0 Å². The van der Waals surface area contributed by atoms with Gasteiger partial charge in [0.05, 0.1) is 0 Å². The van der Waals surface area contributed by atoms with Gasteiger partial charge in [0.25, 0.3) is 0 Å². The molecule has 0 radical (unpaired) electrons. The Kier molecular flexibility index (Phi) is 5.07. The highest BCUT2D eigenvalue weighted by Gasteiger charge is 2.42. The van der Waals surface area contributed by atoms with Crippen molar-refractivity contribution >= 4 is 0 Å². The molecule has 0 amide bonds. The Labute approximate surface area is 95.4 Å². The van der Waals surface area contributed by atoms with Gasteiger partial charge in [0.15, 0.2) is 0 Å². The van der Waals surface area contributed by atoms with Gasteiger partial charge in [-0.15, -0.1) is 0 Å². The van der Waals surface area contributed by atoms with Gasteiger partial charge in [-0.2, -0.15) is 0 Å². The van der Waals surface area contributed by atoms with Gasteiger partial charge < -0.3 is 5.32 Å². The Morgan fingerprint density at radius 1 is 1.07 bits per heavy atom. The minimum absolute atomic E-state index is 0.583. The monoisotopic (exact) mass is 212 g/mol. The molecule has 2 heterocycles. The van der Waals surface area contributed by atoms with Crippen molar-refractivity contribution in [1.82, 2.24) is 10.2 Å². The van der Waals surface area contributed by atoms with E-state index < -0.39 is 0 Å². The SMILES string of the molecule is CC.CC(C)N1CCCC12CCNCC2. The van der Waals surface area contributed by atoms with E-state index in [1.807, 2.05) is 13.8 Å². The summed E-state index contributed by atoms with van der Waals surface area (Å²) in [5.41, 5.74) is 0.583. The molecule has 2 aliphatic heterocycles. The van der Waals surface area contributed by atoms with Crippen molar-refractivity contribution in [2.75, 3.05) is 19.6 Å². The van der Waals surface area contributed by atoms with Crippen molar-refractivity contribution in [2.45, 2.75) is 65.0 Å². The molecule has 0 bridgehead atoms. The number of nitrogens with one attached hydrogen (secondary N) is 1. The molecule has 0 aromatic rings. The number of hydrogen-bond donors (Lipinski definition) is 1. The zero-order valence-corrected chi connectivity index (χ0v) is 11.0. The largest absolute Gasteiger partial charge is 0.317 e. The van der Waals surface area contributed by atoms with Crippen molar-refractivity contribution < 1.29 is 0 Å². The first kappa shape index (κ1) is 13.0. The van der Waals surface area contributed by atoms with Crippen LogP contribution in [0.5, 0.6) is 0 Å². The van der Waals surface area contributed by atoms with Crippen molar-refractivity contribution in [3.63, 3.8) is 0 Å². The van der Waals surface area contributed by atoms with E-state index in [1.165, 1.54) is 45.3 Å². The third-order valence-corrected chi connectivity index (χ3v) is 3.81. The minimum Gasteiger partial charge on any atom is -0.317 e. The summed E-state index contributed by atoms with van der Waals surface area (Å²) in [6, 6.07) is 0.737. The highest BCUT2D eigenvalue weighted by atomic mass is 15.2. The number of piperidine rings is 1. The lowest BCUT2D eigenvalue weighted by molar-refractivity contribution is 0.0711. The van der Waals surface area contributed by atoms with Crippen LogP contribution in [0.15, 0.2) is 0 Å². The molecule has 2 aliphatic rings. The van der Waals surface area contributed by atoms with Gasteiger partial charge in [-0.1, -0.05) is 13.8 Å². The second kappa shape index (κ2) is 5.86. The van der Waals surface area contributed by atoms with Crippen LogP contribution in [-0.4, -0.2) is 36.1 Å². The van der Waals surface area contributed by atoms with Crippen molar-refractivity contribution in [3.05, 3.63) is 0 Å². The topological polar surface area (TPSA) is 15.3 Å². The van der Waals surface area contributed by atoms with E-state index in [-0.39, 0.29) is 0 Å². The Hall–Kier alpha value is -0.0800. The fourth-order valence-electron chi connectivity index (χ4n) is 3.19. The summed E-state index contributed by atoms with van der Waals surface area (Å²) in [4.78, 5) is 2.74. The lowest BCUT2D eigenvalue weighted by Crippen LogP contribution is -2.53. The van der Waals surface area contributed by atoms with E-state index in [0.717, 1.165) is 6.04 Å². The lowest BCUT2D eigenvalue weighted by Gasteiger charge is -2.44. The first-order valence-electron chi connectivity index (χ1n) is 6.72. The zero-order valence-electron chi connectivity index (χ0n) is 11.0. The molecule has 0 aliphatic carbocycles. The maximum absolute atomic E-state index is 3.47. The van der Waals surface area contributed by atoms with Gasteiger partial charge in [0.1, 0.15) is 0 Å². The second-order valence-corrected chi connectivity index (χ2v) is 4.87. The van der Waals surface area contributed by atoms with Gasteiger partial charge in [0.2, 0.25) is 0 Å². The fourth-order valence-corrected chi connectivity index (χ4v) is 3.19. The molecule has 90 valence electrons. The first-order chi connectivity index (χ1) is 7.25. The van der Waals surface area contributed by atoms with E-state index in [4.69, 9.17) is 0 Å². The van der Waals surface area contributed by atoms with E-state index >= 15 is 0 Å². The van der Waals surface area contributed by atoms with E-state index in [2.05, 4.69) is 24.1 Å². The normalized spacial score (nSPS) is 25.4. The van der Waals surface area contributed by atoms with Crippen molar-refractivity contribution in [3.8, 4) is 0 Å². The Morgan fingerprint density at radius 2 is 1.67 bits per heavy atom. The molecular formula is C13H28N2. The van der Waals surface area contributed by atoms with Gasteiger partial charge in [-0.05, 0) is 59.2 Å². The van der Waals surface area contributed by atoms with Gasteiger partial charge in [-0.3, -0.25) is 4.90 Å². The van der Waals surface area contributed by atoms with Gasteiger partial charge >= 0.3 is 0 Å². The van der Waals surface area contributed by atoms with Crippen LogP contribution in [0.1, 0.15) is 53.4 Å². The summed E-state index contributed by atoms with van der Waals surface area (Å²) in [5, 5.41) is 3.47. The fraction of sp³-hybridized carbons (Fsp3) is 1.00. The van der Waals surface area contributed by atoms with E-state index in [9.17, 15) is 0 Å². The molecular weight excluding hydrogens is 184 g/mol. The van der Waals surface area contributed by atoms with Crippen molar-refractivity contribution in [2.24, 2.45) is 0 Å². The quantitative estimate of drug-likeness (QED) is 0.719. The average Bonchev–Trinajstić information content (AvgIpc) is 2.66. The van der Waals surface area contributed by atoms with Gasteiger partial charge in [0, 0.05) is 11.6 Å². The number of nitrogens with zero attached hydrogens (tertiary/aromatic N) is 1. The number of rotatable bonds is 1. The number of hydrogen-bond acceptors (Lipinski definition) is 2. The summed E-state index contributed by atoms with van der Waals surface area (Å²) in [5.74, 6) is 0. The molecule has 0 atom stereocenters. The summed E-state index contributed by atoms with van der Waals surface area (Å²) < 4.78 is 0. The maximum atomic E-state index is 3.47. The second-order valence-electron chi connectivity index (χ2n) is 4.87. The summed E-state index contributed by atoms with van der Waals surface area (Å²) in [6.07, 6.45) is 5.58. The molecule has 2 fully saturated rings. The highest BCUT2D eigenvalue weighted by molar-refractivity contribution is 4.99.